The zero-order chi connectivity index (χ0) is 33.9. The minimum atomic E-state index is -3.32. The van der Waals surface area contributed by atoms with Crippen molar-refractivity contribution < 1.29 is 54.3 Å². The standard InChI is InChI=1S/2C20H21O.C6H10.2ClH.Hf/c2*1-14(2)11-15-12-17-5-4-6-19(20(17)13-15)16-7-9-18(21-3)10-8-16;1-2-4-6-5-3-1;;;/h2*4-10,12-14H,11H2,1-3H3;1-2H,3-6H2;2*1H;/q;;;;;+2/p-2. The van der Waals surface area contributed by atoms with Crippen LogP contribution in [0.1, 0.15) is 95.8 Å². The third-order valence-corrected chi connectivity index (χ3v) is 37.2. The van der Waals surface area contributed by atoms with Gasteiger partial charge in [0.25, 0.3) is 0 Å². The number of rotatable bonds is 10. The number of hydrogen-bond acceptors (Lipinski definition) is 2. The fourth-order valence-electron chi connectivity index (χ4n) is 10.7. The molecule has 0 aromatic heterocycles. The van der Waals surface area contributed by atoms with Gasteiger partial charge in [0.2, 0.25) is 0 Å². The van der Waals surface area contributed by atoms with Crippen LogP contribution in [0.15, 0.2) is 96.1 Å². The van der Waals surface area contributed by atoms with Gasteiger partial charge in [-0.15, -0.1) is 0 Å². The van der Waals surface area contributed by atoms with E-state index in [2.05, 4.69) is 125 Å². The maximum absolute atomic E-state index is 5.54. The van der Waals surface area contributed by atoms with Crippen molar-refractivity contribution in [1.29, 1.82) is 0 Å². The average molecular weight is 886 g/mol. The van der Waals surface area contributed by atoms with Crippen molar-refractivity contribution >= 4 is 12.2 Å². The summed E-state index contributed by atoms with van der Waals surface area (Å²) in [5.74, 6) is 3.12. The van der Waals surface area contributed by atoms with Crippen molar-refractivity contribution in [2.24, 2.45) is 11.8 Å². The van der Waals surface area contributed by atoms with Crippen LogP contribution in [-0.2, 0) is 20.0 Å². The zero-order valence-electron chi connectivity index (χ0n) is 31.0. The number of ether oxygens (including phenoxy) is 2. The van der Waals surface area contributed by atoms with E-state index in [1.54, 1.807) is 36.5 Å². The normalized spacial score (nSPS) is 22.8. The van der Waals surface area contributed by atoms with Crippen molar-refractivity contribution in [2.45, 2.75) is 80.9 Å². The SMILES string of the molecule is COc1ccc(-c2cccc3c2C=C(CC(C)C)[CH]3[Hf+2]2([CH]3C(CC(C)C)=Cc4c(-c5ccc(OC)cc5)cccc43)[CH]3CCCC[CH]32)cc1.[Cl-].[Cl-]. The van der Waals surface area contributed by atoms with Crippen molar-refractivity contribution in [3.05, 3.63) is 118 Å². The van der Waals surface area contributed by atoms with Crippen LogP contribution in [0.25, 0.3) is 34.4 Å². The van der Waals surface area contributed by atoms with Crippen LogP contribution in [0, 0.1) is 11.8 Å². The Balaban J connectivity index is 0.00000224. The second kappa shape index (κ2) is 15.4. The molecule has 266 valence electrons. The molecule has 2 fully saturated rings. The molecule has 1 heterocycles. The van der Waals surface area contributed by atoms with Gasteiger partial charge in [-0.1, -0.05) is 0 Å². The van der Waals surface area contributed by atoms with Gasteiger partial charge in [-0.2, -0.15) is 0 Å². The molecule has 2 nitrogen and oxygen atoms in total. The minimum absolute atomic E-state index is 0. The fraction of sp³-hybridized carbons (Fsp3) is 0.391. The van der Waals surface area contributed by atoms with Gasteiger partial charge in [0.15, 0.2) is 0 Å². The first-order valence-electron chi connectivity index (χ1n) is 18.8. The van der Waals surface area contributed by atoms with E-state index in [0.717, 1.165) is 18.8 Å². The molecule has 4 aliphatic rings. The largest absolute Gasteiger partial charge is 1.00 e. The summed E-state index contributed by atoms with van der Waals surface area (Å²) in [5.41, 5.74) is 15.3. The Morgan fingerprint density at radius 3 is 1.31 bits per heavy atom. The van der Waals surface area contributed by atoms with E-state index < -0.39 is 20.0 Å². The van der Waals surface area contributed by atoms with Crippen LogP contribution in [0.5, 0.6) is 11.5 Å². The fourth-order valence-corrected chi connectivity index (χ4v) is 45.9. The molecule has 1 aliphatic heterocycles. The molecule has 0 bridgehead atoms. The maximum atomic E-state index is 5.54. The van der Waals surface area contributed by atoms with Crippen LogP contribution in [-0.4, -0.2) is 14.2 Å². The molecular formula is C46H52Cl2HfO2. The van der Waals surface area contributed by atoms with Crippen molar-refractivity contribution in [3.8, 4) is 33.8 Å². The number of halogens is 2. The van der Waals surface area contributed by atoms with E-state index in [9.17, 15) is 0 Å². The smallest absolute Gasteiger partial charge is 1.00 e. The summed E-state index contributed by atoms with van der Waals surface area (Å²) >= 11 is -3.32. The summed E-state index contributed by atoms with van der Waals surface area (Å²) in [7, 11) is 3.51. The van der Waals surface area contributed by atoms with E-state index in [4.69, 9.17) is 9.47 Å². The maximum Gasteiger partial charge on any atom is -1.00 e. The van der Waals surface area contributed by atoms with Crippen LogP contribution < -0.4 is 34.3 Å². The number of hydrogen-bond donors (Lipinski definition) is 0. The first kappa shape index (κ1) is 38.1. The number of benzene rings is 4. The summed E-state index contributed by atoms with van der Waals surface area (Å²) < 4.78 is 14.4. The predicted octanol–water partition coefficient (Wildman–Crippen LogP) is 7.03. The Morgan fingerprint density at radius 1 is 0.569 bits per heavy atom. The number of allylic oxidation sites excluding steroid dienone is 2. The van der Waals surface area contributed by atoms with Gasteiger partial charge in [0.05, 0.1) is 0 Å². The molecule has 1 saturated heterocycles. The van der Waals surface area contributed by atoms with Gasteiger partial charge in [0.1, 0.15) is 0 Å². The first-order valence-corrected chi connectivity index (χ1v) is 27.1. The Labute approximate surface area is 323 Å². The van der Waals surface area contributed by atoms with Gasteiger partial charge in [-0.3, -0.25) is 0 Å². The molecule has 0 N–H and O–H groups in total. The van der Waals surface area contributed by atoms with Crippen LogP contribution in [0.3, 0.4) is 0 Å². The number of fused-ring (bicyclic) bond motifs is 3. The molecular weight excluding hydrogens is 834 g/mol. The van der Waals surface area contributed by atoms with Gasteiger partial charge in [-0.25, -0.2) is 0 Å². The molecule has 4 unspecified atom stereocenters. The van der Waals surface area contributed by atoms with E-state index in [1.807, 2.05) is 0 Å². The third kappa shape index (κ3) is 6.52. The second-order valence-electron chi connectivity index (χ2n) is 16.1. The monoisotopic (exact) mass is 886 g/mol. The first-order chi connectivity index (χ1) is 23.8. The van der Waals surface area contributed by atoms with Gasteiger partial charge in [0, 0.05) is 0 Å². The van der Waals surface area contributed by atoms with E-state index in [-0.39, 0.29) is 24.8 Å². The molecule has 1 saturated carbocycles. The summed E-state index contributed by atoms with van der Waals surface area (Å²) in [6.07, 6.45) is 13.6. The number of methoxy groups -OCH3 is 2. The zero-order valence-corrected chi connectivity index (χ0v) is 36.1. The predicted molar refractivity (Wildman–Crippen MR) is 203 cm³/mol. The Bertz CT molecular complexity index is 1780. The van der Waals surface area contributed by atoms with Gasteiger partial charge < -0.3 is 24.8 Å². The summed E-state index contributed by atoms with van der Waals surface area (Å²) in [6.45, 7) is 9.74. The molecule has 3 aliphatic carbocycles. The molecule has 4 atom stereocenters. The van der Waals surface area contributed by atoms with Crippen molar-refractivity contribution in [1.82, 2.24) is 0 Å². The second-order valence-corrected chi connectivity index (χ2v) is 32.7. The molecule has 4 aromatic carbocycles. The van der Waals surface area contributed by atoms with E-state index in [1.165, 1.54) is 71.9 Å². The summed E-state index contributed by atoms with van der Waals surface area (Å²) in [5, 5.41) is 0. The molecule has 8 rings (SSSR count). The molecule has 51 heavy (non-hydrogen) atoms. The average Bonchev–Trinajstić information content (AvgIpc) is 3.39. The Kier molecular flexibility index (Phi) is 11.5. The third-order valence-electron chi connectivity index (χ3n) is 12.3. The molecule has 4 aromatic rings. The minimum Gasteiger partial charge on any atom is -1.00 e. The van der Waals surface area contributed by atoms with Crippen molar-refractivity contribution in [3.63, 3.8) is 0 Å². The molecule has 0 spiro atoms. The van der Waals surface area contributed by atoms with Crippen LogP contribution in [0.2, 0.25) is 7.35 Å². The Hall–Kier alpha value is -2.59. The van der Waals surface area contributed by atoms with E-state index in [0.29, 0.717) is 19.2 Å². The van der Waals surface area contributed by atoms with Crippen LogP contribution >= 0.6 is 0 Å². The molecule has 5 heteroatoms. The summed E-state index contributed by atoms with van der Waals surface area (Å²) in [4.78, 5) is 0. The molecule has 0 radical (unpaired) electrons. The van der Waals surface area contributed by atoms with Crippen LogP contribution in [0.4, 0.5) is 0 Å². The van der Waals surface area contributed by atoms with E-state index >= 15 is 0 Å². The Morgan fingerprint density at radius 2 is 0.961 bits per heavy atom. The van der Waals surface area contributed by atoms with Crippen molar-refractivity contribution in [2.75, 3.05) is 14.2 Å². The topological polar surface area (TPSA) is 18.5 Å². The molecule has 0 amide bonds. The van der Waals surface area contributed by atoms with Gasteiger partial charge >= 0.3 is 301 Å². The van der Waals surface area contributed by atoms with Gasteiger partial charge in [-0.05, 0) is 0 Å². The summed E-state index contributed by atoms with van der Waals surface area (Å²) in [6, 6.07) is 32.1. The quantitative estimate of drug-likeness (QED) is 0.160.